The number of primary amides is 1. The number of halogens is 1. The SMILES string of the molecule is NC(=O)c1cc(NCCC2CCCO2)c(F)cc1N. The average Bonchev–Trinajstić information content (AvgIpc) is 2.84. The first-order chi connectivity index (χ1) is 9.08. The number of benzene rings is 1. The van der Waals surface area contributed by atoms with Crippen LogP contribution in [-0.4, -0.2) is 25.2 Å². The molecule has 5 nitrogen and oxygen atoms in total. The third-order valence-corrected chi connectivity index (χ3v) is 3.21. The van der Waals surface area contributed by atoms with E-state index in [-0.39, 0.29) is 23.0 Å². The van der Waals surface area contributed by atoms with Gasteiger partial charge in [0.05, 0.1) is 17.4 Å². The number of rotatable bonds is 5. The van der Waals surface area contributed by atoms with Gasteiger partial charge in [0, 0.05) is 18.8 Å². The Hall–Kier alpha value is -1.82. The summed E-state index contributed by atoms with van der Waals surface area (Å²) < 4.78 is 19.1. The van der Waals surface area contributed by atoms with Crippen LogP contribution < -0.4 is 16.8 Å². The summed E-state index contributed by atoms with van der Waals surface area (Å²) in [6.07, 6.45) is 3.15. The molecule has 19 heavy (non-hydrogen) atoms. The monoisotopic (exact) mass is 267 g/mol. The van der Waals surface area contributed by atoms with Gasteiger partial charge in [0.2, 0.25) is 0 Å². The van der Waals surface area contributed by atoms with Crippen LogP contribution in [0.5, 0.6) is 0 Å². The fourth-order valence-corrected chi connectivity index (χ4v) is 2.18. The second-order valence-electron chi connectivity index (χ2n) is 4.63. The maximum absolute atomic E-state index is 13.7. The number of nitrogens with one attached hydrogen (secondary N) is 1. The minimum atomic E-state index is -0.667. The number of hydrogen-bond donors (Lipinski definition) is 3. The topological polar surface area (TPSA) is 90.4 Å². The highest BCUT2D eigenvalue weighted by Gasteiger charge is 2.16. The van der Waals surface area contributed by atoms with Crippen LogP contribution in [-0.2, 0) is 4.74 Å². The van der Waals surface area contributed by atoms with Gasteiger partial charge in [0.1, 0.15) is 5.82 Å². The molecule has 1 saturated heterocycles. The summed E-state index contributed by atoms with van der Waals surface area (Å²) in [5, 5.41) is 2.94. The quantitative estimate of drug-likeness (QED) is 0.705. The van der Waals surface area contributed by atoms with Crippen molar-refractivity contribution >= 4 is 17.3 Å². The Morgan fingerprint density at radius 3 is 2.95 bits per heavy atom. The van der Waals surface area contributed by atoms with Gasteiger partial charge in [-0.05, 0) is 31.4 Å². The molecule has 1 aliphatic heterocycles. The molecule has 0 aliphatic carbocycles. The maximum Gasteiger partial charge on any atom is 0.250 e. The van der Waals surface area contributed by atoms with Gasteiger partial charge >= 0.3 is 0 Å². The molecule has 0 aromatic heterocycles. The van der Waals surface area contributed by atoms with Gasteiger partial charge in [0.25, 0.3) is 5.91 Å². The summed E-state index contributed by atoms with van der Waals surface area (Å²) >= 11 is 0. The van der Waals surface area contributed by atoms with Crippen molar-refractivity contribution in [2.24, 2.45) is 5.73 Å². The van der Waals surface area contributed by atoms with Gasteiger partial charge in [-0.1, -0.05) is 0 Å². The fourth-order valence-electron chi connectivity index (χ4n) is 2.18. The molecule has 1 fully saturated rings. The molecule has 0 spiro atoms. The molecular formula is C13H18FN3O2. The van der Waals surface area contributed by atoms with E-state index in [1.54, 1.807) is 0 Å². The lowest BCUT2D eigenvalue weighted by atomic mass is 10.1. The molecule has 1 aromatic carbocycles. The van der Waals surface area contributed by atoms with Crippen LogP contribution in [0.4, 0.5) is 15.8 Å². The molecular weight excluding hydrogens is 249 g/mol. The van der Waals surface area contributed by atoms with Gasteiger partial charge in [-0.15, -0.1) is 0 Å². The molecule has 2 rings (SSSR count). The Kier molecular flexibility index (Phi) is 4.21. The van der Waals surface area contributed by atoms with Crippen molar-refractivity contribution in [3.8, 4) is 0 Å². The van der Waals surface area contributed by atoms with Crippen LogP contribution in [0.3, 0.4) is 0 Å². The Bertz CT molecular complexity index is 473. The summed E-state index contributed by atoms with van der Waals surface area (Å²) in [5.74, 6) is -1.16. The van der Waals surface area contributed by atoms with Gasteiger partial charge in [-0.2, -0.15) is 0 Å². The van der Waals surface area contributed by atoms with Crippen molar-refractivity contribution in [2.75, 3.05) is 24.2 Å². The summed E-state index contributed by atoms with van der Waals surface area (Å²) in [5.41, 5.74) is 11.1. The standard InChI is InChI=1S/C13H18FN3O2/c14-10-7-11(15)9(13(16)18)6-12(10)17-4-3-8-2-1-5-19-8/h6-8,17H,1-5,15H2,(H2,16,18). The van der Waals surface area contributed by atoms with Crippen LogP contribution in [0, 0.1) is 5.82 Å². The zero-order valence-corrected chi connectivity index (χ0v) is 10.6. The van der Waals surface area contributed by atoms with E-state index in [9.17, 15) is 9.18 Å². The molecule has 0 bridgehead atoms. The Morgan fingerprint density at radius 2 is 2.32 bits per heavy atom. The number of hydrogen-bond acceptors (Lipinski definition) is 4. The maximum atomic E-state index is 13.7. The predicted octanol–water partition coefficient (Wildman–Crippen LogP) is 1.49. The molecule has 1 atom stereocenters. The molecule has 5 N–H and O–H groups in total. The van der Waals surface area contributed by atoms with Crippen molar-refractivity contribution in [3.05, 3.63) is 23.5 Å². The molecule has 1 amide bonds. The third kappa shape index (κ3) is 3.35. The summed E-state index contributed by atoms with van der Waals surface area (Å²) in [6, 6.07) is 2.46. The lowest BCUT2D eigenvalue weighted by Crippen LogP contribution is -2.16. The molecule has 104 valence electrons. The number of carbonyl (C=O) groups excluding carboxylic acids is 1. The number of ether oxygens (including phenoxy) is 1. The van der Waals surface area contributed by atoms with Crippen LogP contribution in [0.25, 0.3) is 0 Å². The first-order valence-corrected chi connectivity index (χ1v) is 6.32. The highest BCUT2D eigenvalue weighted by atomic mass is 19.1. The van der Waals surface area contributed by atoms with Crippen LogP contribution in [0.1, 0.15) is 29.6 Å². The van der Waals surface area contributed by atoms with Crippen molar-refractivity contribution in [3.63, 3.8) is 0 Å². The smallest absolute Gasteiger partial charge is 0.250 e. The van der Waals surface area contributed by atoms with Crippen molar-refractivity contribution < 1.29 is 13.9 Å². The zero-order chi connectivity index (χ0) is 13.8. The molecule has 1 heterocycles. The lowest BCUT2D eigenvalue weighted by molar-refractivity contribution is 0.100. The van der Waals surface area contributed by atoms with E-state index in [0.29, 0.717) is 6.54 Å². The second-order valence-corrected chi connectivity index (χ2v) is 4.63. The highest BCUT2D eigenvalue weighted by molar-refractivity contribution is 5.99. The Labute approximate surface area is 111 Å². The van der Waals surface area contributed by atoms with Crippen molar-refractivity contribution in [1.82, 2.24) is 0 Å². The highest BCUT2D eigenvalue weighted by Crippen LogP contribution is 2.22. The van der Waals surface area contributed by atoms with Gasteiger partial charge in [-0.3, -0.25) is 4.79 Å². The predicted molar refractivity (Wildman–Crippen MR) is 71.4 cm³/mol. The van der Waals surface area contributed by atoms with E-state index in [0.717, 1.165) is 31.9 Å². The number of anilines is 2. The summed E-state index contributed by atoms with van der Waals surface area (Å²) in [4.78, 5) is 11.1. The zero-order valence-electron chi connectivity index (χ0n) is 10.6. The van der Waals surface area contributed by atoms with Gasteiger partial charge in [0.15, 0.2) is 0 Å². The first-order valence-electron chi connectivity index (χ1n) is 6.32. The first kappa shape index (κ1) is 13.6. The van der Waals surface area contributed by atoms with Crippen molar-refractivity contribution in [2.45, 2.75) is 25.4 Å². The number of nitrogen functional groups attached to an aromatic ring is 1. The van der Waals surface area contributed by atoms with Crippen molar-refractivity contribution in [1.29, 1.82) is 0 Å². The fraction of sp³-hybridized carbons (Fsp3) is 0.462. The van der Waals surface area contributed by atoms with E-state index < -0.39 is 11.7 Å². The average molecular weight is 267 g/mol. The normalized spacial score (nSPS) is 18.5. The molecule has 1 unspecified atom stereocenters. The third-order valence-electron chi connectivity index (χ3n) is 3.21. The van der Waals surface area contributed by atoms with Crippen LogP contribution in [0.15, 0.2) is 12.1 Å². The van der Waals surface area contributed by atoms with E-state index in [1.807, 2.05) is 0 Å². The van der Waals surface area contributed by atoms with Gasteiger partial charge < -0.3 is 21.5 Å². The van der Waals surface area contributed by atoms with Crippen LogP contribution in [0.2, 0.25) is 0 Å². The molecule has 6 heteroatoms. The molecule has 0 saturated carbocycles. The van der Waals surface area contributed by atoms with E-state index in [1.165, 1.54) is 6.07 Å². The number of nitrogens with two attached hydrogens (primary N) is 2. The largest absolute Gasteiger partial charge is 0.398 e. The number of amides is 1. The second kappa shape index (κ2) is 5.88. The molecule has 0 radical (unpaired) electrons. The summed E-state index contributed by atoms with van der Waals surface area (Å²) in [7, 11) is 0. The summed E-state index contributed by atoms with van der Waals surface area (Å²) in [6.45, 7) is 1.37. The minimum absolute atomic E-state index is 0.0506. The van der Waals surface area contributed by atoms with E-state index in [4.69, 9.17) is 16.2 Å². The van der Waals surface area contributed by atoms with Crippen LogP contribution >= 0.6 is 0 Å². The molecule has 1 aromatic rings. The van der Waals surface area contributed by atoms with E-state index >= 15 is 0 Å². The number of carbonyl (C=O) groups is 1. The lowest BCUT2D eigenvalue weighted by Gasteiger charge is -2.13. The van der Waals surface area contributed by atoms with Gasteiger partial charge in [-0.25, -0.2) is 4.39 Å². The minimum Gasteiger partial charge on any atom is -0.398 e. The van der Waals surface area contributed by atoms with E-state index in [2.05, 4.69) is 5.32 Å². The Balaban J connectivity index is 1.98. The molecule has 1 aliphatic rings. The Morgan fingerprint density at radius 1 is 1.53 bits per heavy atom.